The maximum Gasteiger partial charge on any atom is 0.573 e. The third kappa shape index (κ3) is 5.93. The molecule has 0 N–H and O–H groups in total. The third-order valence-electron chi connectivity index (χ3n) is 7.22. The molecule has 1 fully saturated rings. The molecule has 0 atom stereocenters. The highest BCUT2D eigenvalue weighted by Crippen LogP contribution is 2.34. The van der Waals surface area contributed by atoms with Gasteiger partial charge in [0.05, 0.1) is 30.3 Å². The summed E-state index contributed by atoms with van der Waals surface area (Å²) in [7, 11) is 1.75. The van der Waals surface area contributed by atoms with Crippen LogP contribution in [0.25, 0.3) is 28.0 Å². The Morgan fingerprint density at radius 2 is 1.88 bits per heavy atom. The van der Waals surface area contributed by atoms with Gasteiger partial charge in [-0.3, -0.25) is 9.58 Å². The monoisotopic (exact) mass is 566 g/mol. The van der Waals surface area contributed by atoms with Crippen molar-refractivity contribution in [1.29, 1.82) is 0 Å². The molecule has 0 bridgehead atoms. The molecule has 1 aromatic carbocycles. The van der Waals surface area contributed by atoms with Crippen molar-refractivity contribution in [2.24, 2.45) is 7.05 Å². The van der Waals surface area contributed by atoms with Crippen LogP contribution >= 0.6 is 0 Å². The molecule has 4 heterocycles. The number of rotatable bonds is 7. The number of aryl methyl sites for hydroxylation is 2. The zero-order chi connectivity index (χ0) is 28.9. The van der Waals surface area contributed by atoms with Gasteiger partial charge in [-0.05, 0) is 70.0 Å². The minimum atomic E-state index is -5.02. The summed E-state index contributed by atoms with van der Waals surface area (Å²) in [5, 5.41) is 9.68. The first-order valence-corrected chi connectivity index (χ1v) is 12.8. The van der Waals surface area contributed by atoms with Gasteiger partial charge in [-0.25, -0.2) is 22.8 Å². The first-order valence-electron chi connectivity index (χ1n) is 12.8. The average Bonchev–Trinajstić information content (AvgIpc) is 3.45. The van der Waals surface area contributed by atoms with Gasteiger partial charge in [-0.2, -0.15) is 10.2 Å². The molecule has 0 unspecified atom stereocenters. The standard InChI is InChI=1S/C27H28F6N6O/c1-25(2,38-12-4-10-26(29,30)16-38)11-9-22-19-6-7-21(17-5-8-23(20(28)13-17)40-27(31,32)33)35-24(19)39(36-22)18-14-34-37(3)15-18/h5-8,13-15H,4,9-12,16H2,1-3H3. The molecule has 3 aromatic heterocycles. The molecule has 1 aliphatic heterocycles. The van der Waals surface area contributed by atoms with E-state index in [-0.39, 0.29) is 18.5 Å². The molecule has 1 saturated heterocycles. The molecule has 0 radical (unpaired) electrons. The van der Waals surface area contributed by atoms with Gasteiger partial charge in [0, 0.05) is 30.0 Å². The number of ether oxygens (including phenoxy) is 1. The van der Waals surface area contributed by atoms with E-state index in [1.807, 2.05) is 18.7 Å². The van der Waals surface area contributed by atoms with E-state index in [2.05, 4.69) is 14.8 Å². The van der Waals surface area contributed by atoms with Crippen molar-refractivity contribution >= 4 is 11.0 Å². The van der Waals surface area contributed by atoms with E-state index >= 15 is 0 Å². The summed E-state index contributed by atoms with van der Waals surface area (Å²) in [6, 6.07) is 6.53. The van der Waals surface area contributed by atoms with Crippen molar-refractivity contribution in [3.05, 3.63) is 54.2 Å². The lowest BCUT2D eigenvalue weighted by atomic mass is 9.91. The first kappa shape index (κ1) is 27.9. The number of fused-ring (bicyclic) bond motifs is 1. The maximum atomic E-state index is 14.4. The van der Waals surface area contributed by atoms with Gasteiger partial charge in [-0.1, -0.05) is 0 Å². The SMILES string of the molecule is Cn1cc(-n2nc(CCC(C)(C)N3CCCC(F)(F)C3)c3ccc(-c4ccc(OC(F)(F)F)c(F)c4)nc32)cn1. The van der Waals surface area contributed by atoms with E-state index in [9.17, 15) is 26.3 Å². The molecule has 1 aliphatic rings. The van der Waals surface area contributed by atoms with Gasteiger partial charge >= 0.3 is 6.36 Å². The minimum absolute atomic E-state index is 0.101. The van der Waals surface area contributed by atoms with Crippen LogP contribution in [0.2, 0.25) is 0 Å². The second-order valence-electron chi connectivity index (χ2n) is 10.7. The van der Waals surface area contributed by atoms with E-state index < -0.39 is 29.4 Å². The first-order chi connectivity index (χ1) is 18.7. The Morgan fingerprint density at radius 1 is 1.10 bits per heavy atom. The van der Waals surface area contributed by atoms with Gasteiger partial charge in [0.2, 0.25) is 0 Å². The summed E-state index contributed by atoms with van der Waals surface area (Å²) in [5.41, 5.74) is 1.84. The van der Waals surface area contributed by atoms with Crippen LogP contribution in [0.1, 0.15) is 38.8 Å². The van der Waals surface area contributed by atoms with Crippen LogP contribution in [0, 0.1) is 5.82 Å². The van der Waals surface area contributed by atoms with Crippen LogP contribution in [0.15, 0.2) is 42.7 Å². The number of halogens is 6. The number of hydrogen-bond donors (Lipinski definition) is 0. The predicted molar refractivity (Wildman–Crippen MR) is 136 cm³/mol. The minimum Gasteiger partial charge on any atom is -0.403 e. The zero-order valence-electron chi connectivity index (χ0n) is 22.1. The topological polar surface area (TPSA) is 61.0 Å². The Balaban J connectivity index is 1.48. The van der Waals surface area contributed by atoms with Crippen molar-refractivity contribution < 1.29 is 31.1 Å². The van der Waals surface area contributed by atoms with Crippen LogP contribution in [0.4, 0.5) is 26.3 Å². The normalized spacial score (nSPS) is 16.5. The van der Waals surface area contributed by atoms with Crippen LogP contribution in [0.5, 0.6) is 5.75 Å². The quantitative estimate of drug-likeness (QED) is 0.246. The van der Waals surface area contributed by atoms with Crippen molar-refractivity contribution in [3.63, 3.8) is 0 Å². The fourth-order valence-corrected chi connectivity index (χ4v) is 5.03. The number of benzene rings is 1. The van der Waals surface area contributed by atoms with Crippen molar-refractivity contribution in [2.75, 3.05) is 13.1 Å². The lowest BCUT2D eigenvalue weighted by Gasteiger charge is -2.43. The molecular weight excluding hydrogens is 538 g/mol. The molecule has 0 spiro atoms. The number of piperidine rings is 1. The fraction of sp³-hybridized carbons (Fsp3) is 0.444. The predicted octanol–water partition coefficient (Wildman–Crippen LogP) is 6.30. The molecule has 214 valence electrons. The molecule has 7 nitrogen and oxygen atoms in total. The van der Waals surface area contributed by atoms with E-state index in [4.69, 9.17) is 5.10 Å². The average molecular weight is 567 g/mol. The maximum absolute atomic E-state index is 14.4. The summed E-state index contributed by atoms with van der Waals surface area (Å²) in [6.45, 7) is 4.22. The molecule has 0 saturated carbocycles. The lowest BCUT2D eigenvalue weighted by molar-refractivity contribution is -0.275. The summed E-state index contributed by atoms with van der Waals surface area (Å²) in [5.74, 6) is -4.82. The van der Waals surface area contributed by atoms with Gasteiger partial charge in [0.1, 0.15) is 5.69 Å². The second-order valence-corrected chi connectivity index (χ2v) is 10.7. The van der Waals surface area contributed by atoms with Crippen LogP contribution < -0.4 is 4.74 Å². The molecule has 5 rings (SSSR count). The Hall–Kier alpha value is -3.61. The van der Waals surface area contributed by atoms with Gasteiger partial charge in [0.25, 0.3) is 5.92 Å². The van der Waals surface area contributed by atoms with Crippen LogP contribution in [0.3, 0.4) is 0 Å². The van der Waals surface area contributed by atoms with Gasteiger partial charge < -0.3 is 4.74 Å². The molecular formula is C27H28F6N6O. The molecule has 0 amide bonds. The van der Waals surface area contributed by atoms with E-state index in [0.29, 0.717) is 53.9 Å². The Bertz CT molecular complexity index is 1530. The van der Waals surface area contributed by atoms with Crippen LogP contribution in [-0.2, 0) is 13.5 Å². The van der Waals surface area contributed by atoms with Crippen molar-refractivity contribution in [1.82, 2.24) is 29.4 Å². The molecule has 4 aromatic rings. The van der Waals surface area contributed by atoms with Gasteiger partial charge in [-0.15, -0.1) is 13.2 Å². The number of likely N-dealkylation sites (tertiary alicyclic amines) is 1. The number of pyridine rings is 1. The van der Waals surface area contributed by atoms with Crippen molar-refractivity contribution in [3.8, 4) is 22.7 Å². The zero-order valence-corrected chi connectivity index (χ0v) is 22.1. The summed E-state index contributed by atoms with van der Waals surface area (Å²) in [6.07, 6.45) is -0.286. The van der Waals surface area contributed by atoms with Gasteiger partial charge in [0.15, 0.2) is 17.2 Å². The Labute approximate surface area is 226 Å². The van der Waals surface area contributed by atoms with Crippen molar-refractivity contribution in [2.45, 2.75) is 57.4 Å². The number of aromatic nitrogens is 5. The molecule has 0 aliphatic carbocycles. The summed E-state index contributed by atoms with van der Waals surface area (Å²) >= 11 is 0. The Morgan fingerprint density at radius 3 is 2.52 bits per heavy atom. The fourth-order valence-electron chi connectivity index (χ4n) is 5.03. The number of alkyl halides is 5. The number of nitrogens with zero attached hydrogens (tertiary/aromatic N) is 6. The van der Waals surface area contributed by atoms with E-state index in [1.165, 1.54) is 6.07 Å². The highest BCUT2D eigenvalue weighted by molar-refractivity contribution is 5.83. The molecule has 40 heavy (non-hydrogen) atoms. The third-order valence-corrected chi connectivity index (χ3v) is 7.22. The highest BCUT2D eigenvalue weighted by Gasteiger charge is 2.40. The number of hydrogen-bond acceptors (Lipinski definition) is 5. The summed E-state index contributed by atoms with van der Waals surface area (Å²) < 4.78 is 87.2. The van der Waals surface area contributed by atoms with Crippen LogP contribution in [-0.4, -0.2) is 60.4 Å². The molecule has 13 heteroatoms. The largest absolute Gasteiger partial charge is 0.573 e. The second kappa shape index (κ2) is 10.1. The highest BCUT2D eigenvalue weighted by atomic mass is 19.4. The van der Waals surface area contributed by atoms with E-state index in [0.717, 1.165) is 12.1 Å². The Kier molecular flexibility index (Phi) is 7.05. The summed E-state index contributed by atoms with van der Waals surface area (Å²) in [4.78, 5) is 6.50. The van der Waals surface area contributed by atoms with E-state index in [1.54, 1.807) is 40.9 Å². The lowest BCUT2D eigenvalue weighted by Crippen LogP contribution is -2.53. The smallest absolute Gasteiger partial charge is 0.403 e.